The summed E-state index contributed by atoms with van der Waals surface area (Å²) in [5, 5.41) is 12.4. The number of nitrogens with zero attached hydrogens (tertiary/aromatic N) is 1. The number of aromatic carboxylic acids is 1. The Morgan fingerprint density at radius 2 is 2.00 bits per heavy atom. The summed E-state index contributed by atoms with van der Waals surface area (Å²) in [6.07, 6.45) is 2.23. The van der Waals surface area contributed by atoms with Crippen molar-refractivity contribution in [3.05, 3.63) is 59.2 Å². The number of amides is 1. The number of nitrogens with one attached hydrogen (secondary N) is 1. The predicted molar refractivity (Wildman–Crippen MR) is 103 cm³/mol. The van der Waals surface area contributed by atoms with Crippen LogP contribution in [0.1, 0.15) is 46.0 Å². The van der Waals surface area contributed by atoms with Gasteiger partial charge < -0.3 is 15.3 Å². The number of anilines is 2. The van der Waals surface area contributed by atoms with Crippen LogP contribution >= 0.6 is 0 Å². The van der Waals surface area contributed by atoms with Crippen LogP contribution < -0.4 is 10.2 Å². The molecule has 0 bridgehead atoms. The van der Waals surface area contributed by atoms with E-state index in [0.717, 1.165) is 30.8 Å². The molecule has 1 fully saturated rings. The van der Waals surface area contributed by atoms with Crippen molar-refractivity contribution in [2.24, 2.45) is 5.92 Å². The Morgan fingerprint density at radius 3 is 2.69 bits per heavy atom. The van der Waals surface area contributed by atoms with Gasteiger partial charge in [-0.25, -0.2) is 4.79 Å². The van der Waals surface area contributed by atoms with E-state index in [9.17, 15) is 14.7 Å². The minimum absolute atomic E-state index is 0.223. The highest BCUT2D eigenvalue weighted by atomic mass is 16.4. The largest absolute Gasteiger partial charge is 0.478 e. The van der Waals surface area contributed by atoms with Crippen molar-refractivity contribution in [2.45, 2.75) is 26.7 Å². The molecule has 5 heteroatoms. The van der Waals surface area contributed by atoms with Crippen molar-refractivity contribution in [2.75, 3.05) is 23.3 Å². The van der Waals surface area contributed by atoms with Crippen LogP contribution in [0.4, 0.5) is 11.4 Å². The summed E-state index contributed by atoms with van der Waals surface area (Å²) in [6, 6.07) is 12.4. The first-order chi connectivity index (χ1) is 12.4. The van der Waals surface area contributed by atoms with Crippen molar-refractivity contribution in [3.8, 4) is 0 Å². The van der Waals surface area contributed by atoms with Gasteiger partial charge in [0.15, 0.2) is 0 Å². The van der Waals surface area contributed by atoms with Crippen molar-refractivity contribution in [3.63, 3.8) is 0 Å². The molecule has 1 heterocycles. The van der Waals surface area contributed by atoms with E-state index in [0.29, 0.717) is 17.2 Å². The number of piperidine rings is 1. The molecule has 2 aromatic rings. The van der Waals surface area contributed by atoms with E-state index in [4.69, 9.17) is 0 Å². The molecule has 1 amide bonds. The van der Waals surface area contributed by atoms with Gasteiger partial charge in [0.2, 0.25) is 0 Å². The van der Waals surface area contributed by atoms with E-state index in [1.54, 1.807) is 30.3 Å². The second-order valence-corrected chi connectivity index (χ2v) is 7.05. The molecule has 26 heavy (non-hydrogen) atoms. The topological polar surface area (TPSA) is 69.6 Å². The van der Waals surface area contributed by atoms with Crippen LogP contribution in [0, 0.1) is 12.8 Å². The Kier molecular flexibility index (Phi) is 5.26. The van der Waals surface area contributed by atoms with Gasteiger partial charge in [-0.2, -0.15) is 0 Å². The number of hydrogen-bond donors (Lipinski definition) is 2. The highest BCUT2D eigenvalue weighted by molar-refractivity contribution is 6.05. The highest BCUT2D eigenvalue weighted by Crippen LogP contribution is 2.29. The van der Waals surface area contributed by atoms with Gasteiger partial charge in [0.25, 0.3) is 5.91 Å². The van der Waals surface area contributed by atoms with Gasteiger partial charge in [-0.3, -0.25) is 4.79 Å². The summed E-state index contributed by atoms with van der Waals surface area (Å²) in [4.78, 5) is 26.3. The van der Waals surface area contributed by atoms with Crippen LogP contribution in [-0.4, -0.2) is 30.1 Å². The SMILES string of the molecule is Cc1cccc(C(=O)Nc2ccc(N3CCC[C@H](C)C3)c(C(=O)O)c2)c1. The van der Waals surface area contributed by atoms with Crippen LogP contribution in [-0.2, 0) is 0 Å². The first-order valence-electron chi connectivity index (χ1n) is 8.94. The quantitative estimate of drug-likeness (QED) is 0.866. The van der Waals surface area contributed by atoms with E-state index < -0.39 is 5.97 Å². The summed E-state index contributed by atoms with van der Waals surface area (Å²) < 4.78 is 0. The van der Waals surface area contributed by atoms with Gasteiger partial charge in [-0.1, -0.05) is 24.6 Å². The van der Waals surface area contributed by atoms with E-state index in [-0.39, 0.29) is 11.5 Å². The highest BCUT2D eigenvalue weighted by Gasteiger charge is 2.22. The molecule has 2 aromatic carbocycles. The first-order valence-corrected chi connectivity index (χ1v) is 8.94. The van der Waals surface area contributed by atoms with Gasteiger partial charge in [0, 0.05) is 24.3 Å². The monoisotopic (exact) mass is 352 g/mol. The summed E-state index contributed by atoms with van der Waals surface area (Å²) in [5.41, 5.74) is 2.98. The van der Waals surface area contributed by atoms with Gasteiger partial charge >= 0.3 is 5.97 Å². The molecular weight excluding hydrogens is 328 g/mol. The third-order valence-corrected chi connectivity index (χ3v) is 4.76. The fraction of sp³-hybridized carbons (Fsp3) is 0.333. The number of carbonyl (C=O) groups is 2. The molecule has 3 rings (SSSR count). The minimum Gasteiger partial charge on any atom is -0.478 e. The standard InChI is InChI=1S/C21H24N2O3/c1-14-5-3-7-16(11-14)20(24)22-17-8-9-19(18(12-17)21(25)26)23-10-4-6-15(2)13-23/h3,5,7-9,11-12,15H,4,6,10,13H2,1-2H3,(H,22,24)(H,25,26)/t15-/m0/s1. The van der Waals surface area contributed by atoms with E-state index in [1.807, 2.05) is 19.1 Å². The lowest BCUT2D eigenvalue weighted by Crippen LogP contribution is -2.35. The molecule has 5 nitrogen and oxygen atoms in total. The molecule has 0 unspecified atom stereocenters. The maximum absolute atomic E-state index is 12.4. The molecular formula is C21H24N2O3. The first kappa shape index (κ1) is 18.0. The third kappa shape index (κ3) is 4.04. The van der Waals surface area contributed by atoms with E-state index in [1.165, 1.54) is 6.42 Å². The van der Waals surface area contributed by atoms with Gasteiger partial charge in [0.1, 0.15) is 0 Å². The molecule has 136 valence electrons. The smallest absolute Gasteiger partial charge is 0.337 e. The summed E-state index contributed by atoms with van der Waals surface area (Å²) in [7, 11) is 0. The zero-order valence-corrected chi connectivity index (χ0v) is 15.2. The van der Waals surface area contributed by atoms with E-state index >= 15 is 0 Å². The summed E-state index contributed by atoms with van der Waals surface area (Å²) in [6.45, 7) is 5.83. The lowest BCUT2D eigenvalue weighted by Gasteiger charge is -2.33. The Hall–Kier alpha value is -2.82. The molecule has 2 N–H and O–H groups in total. The third-order valence-electron chi connectivity index (χ3n) is 4.76. The molecule has 0 spiro atoms. The molecule has 1 saturated heterocycles. The average Bonchev–Trinajstić information content (AvgIpc) is 2.61. The minimum atomic E-state index is -0.982. The van der Waals surface area contributed by atoms with Crippen molar-refractivity contribution >= 4 is 23.3 Å². The lowest BCUT2D eigenvalue weighted by molar-refractivity contribution is 0.0697. The second-order valence-electron chi connectivity index (χ2n) is 7.05. The molecule has 1 aliphatic rings. The molecule has 1 atom stereocenters. The van der Waals surface area contributed by atoms with Crippen LogP contribution in [0.5, 0.6) is 0 Å². The molecule has 0 saturated carbocycles. The van der Waals surface area contributed by atoms with Crippen molar-refractivity contribution in [1.29, 1.82) is 0 Å². The predicted octanol–water partition coefficient (Wildman–Crippen LogP) is 4.18. The number of benzene rings is 2. The van der Waals surface area contributed by atoms with Crippen LogP contribution in [0.15, 0.2) is 42.5 Å². The van der Waals surface area contributed by atoms with Gasteiger partial charge in [-0.15, -0.1) is 0 Å². The number of hydrogen-bond acceptors (Lipinski definition) is 3. The number of carbonyl (C=O) groups excluding carboxylic acids is 1. The van der Waals surface area contributed by atoms with Crippen LogP contribution in [0.3, 0.4) is 0 Å². The number of rotatable bonds is 4. The van der Waals surface area contributed by atoms with Gasteiger partial charge in [-0.05, 0) is 56.0 Å². The normalized spacial score (nSPS) is 17.0. The summed E-state index contributed by atoms with van der Waals surface area (Å²) in [5.74, 6) is -0.680. The second kappa shape index (κ2) is 7.60. The van der Waals surface area contributed by atoms with Crippen molar-refractivity contribution < 1.29 is 14.7 Å². The number of carboxylic acids is 1. The molecule has 1 aliphatic heterocycles. The van der Waals surface area contributed by atoms with Crippen LogP contribution in [0.25, 0.3) is 0 Å². The van der Waals surface area contributed by atoms with Gasteiger partial charge in [0.05, 0.1) is 11.3 Å². The fourth-order valence-corrected chi connectivity index (χ4v) is 3.46. The Balaban J connectivity index is 1.84. The molecule has 0 aliphatic carbocycles. The molecule has 0 aromatic heterocycles. The zero-order valence-electron chi connectivity index (χ0n) is 15.2. The van der Waals surface area contributed by atoms with E-state index in [2.05, 4.69) is 17.1 Å². The maximum atomic E-state index is 12.4. The maximum Gasteiger partial charge on any atom is 0.337 e. The lowest BCUT2D eigenvalue weighted by atomic mass is 9.98. The van der Waals surface area contributed by atoms with Crippen molar-refractivity contribution in [1.82, 2.24) is 0 Å². The number of carboxylic acid groups (broad SMARTS) is 1. The number of aryl methyl sites for hydroxylation is 1. The Morgan fingerprint density at radius 1 is 1.19 bits per heavy atom. The zero-order chi connectivity index (χ0) is 18.7. The Bertz CT molecular complexity index is 832. The molecule has 0 radical (unpaired) electrons. The Labute approximate surface area is 153 Å². The van der Waals surface area contributed by atoms with Crippen LogP contribution in [0.2, 0.25) is 0 Å². The average molecular weight is 352 g/mol. The fourth-order valence-electron chi connectivity index (χ4n) is 3.46. The summed E-state index contributed by atoms with van der Waals surface area (Å²) >= 11 is 0.